The maximum Gasteiger partial charge on any atom is 0.338 e. The molecule has 4 aromatic rings. The number of para-hydroxylation sites is 1. The summed E-state index contributed by atoms with van der Waals surface area (Å²) in [7, 11) is 1.45. The van der Waals surface area contributed by atoms with Crippen LogP contribution in [0.1, 0.15) is 47.8 Å². The number of benzene rings is 3. The zero-order chi connectivity index (χ0) is 33.5. The molecule has 0 saturated heterocycles. The number of amides is 3. The molecular weight excluding hydrogens is 600 g/mol. The number of rotatable bonds is 11. The van der Waals surface area contributed by atoms with E-state index in [4.69, 9.17) is 19.5 Å². The summed E-state index contributed by atoms with van der Waals surface area (Å²) in [5.74, 6) is -0.445. The minimum atomic E-state index is -0.776. The predicted molar refractivity (Wildman–Crippen MR) is 175 cm³/mol. The Balaban J connectivity index is 1.27. The minimum Gasteiger partial charge on any atom is -0.493 e. The first-order valence-electron chi connectivity index (χ1n) is 14.9. The highest BCUT2D eigenvalue weighted by Crippen LogP contribution is 2.34. The molecule has 1 atom stereocenters. The minimum absolute atomic E-state index is 0.182. The van der Waals surface area contributed by atoms with Crippen molar-refractivity contribution in [3.05, 3.63) is 106 Å². The molecule has 5 rings (SSSR count). The standard InChI is InChI=1S/C35H34N6O6/c1-5-46-34(43)32-21(2)38-35(44)39-33(32)25-14-15-29(30(16-25)45-4)47-20-31(42)40-37-18-27-22(3)41(28-9-7-6-8-26(27)28)19-24-12-10-23(17-36)11-13-24/h6-16,18,33H,5,19-20H2,1-4H3,(H,40,42)(H2,38,39,44)/b37-18+/t33-/m0/s1. The summed E-state index contributed by atoms with van der Waals surface area (Å²) in [4.78, 5) is 37.6. The van der Waals surface area contributed by atoms with Crippen molar-refractivity contribution in [2.75, 3.05) is 20.3 Å². The summed E-state index contributed by atoms with van der Waals surface area (Å²) in [5.41, 5.74) is 8.25. The molecule has 0 saturated carbocycles. The van der Waals surface area contributed by atoms with Gasteiger partial charge in [0.25, 0.3) is 5.91 Å². The maximum absolute atomic E-state index is 12.7. The monoisotopic (exact) mass is 634 g/mol. The number of fused-ring (bicyclic) bond motifs is 1. The number of allylic oxidation sites excluding steroid dienone is 1. The number of hydrogen-bond donors (Lipinski definition) is 3. The van der Waals surface area contributed by atoms with E-state index in [0.717, 1.165) is 27.7 Å². The van der Waals surface area contributed by atoms with Gasteiger partial charge in [-0.25, -0.2) is 15.0 Å². The lowest BCUT2D eigenvalue weighted by atomic mass is 9.95. The van der Waals surface area contributed by atoms with Gasteiger partial charge in [0.05, 0.1) is 43.2 Å². The van der Waals surface area contributed by atoms with Crippen LogP contribution in [0.3, 0.4) is 0 Å². The first kappa shape index (κ1) is 32.3. The first-order valence-corrected chi connectivity index (χ1v) is 14.9. The molecule has 240 valence electrons. The van der Waals surface area contributed by atoms with Gasteiger partial charge in [-0.3, -0.25) is 4.79 Å². The molecule has 3 N–H and O–H groups in total. The van der Waals surface area contributed by atoms with E-state index in [2.05, 4.69) is 31.8 Å². The number of urea groups is 1. The van der Waals surface area contributed by atoms with Crippen LogP contribution in [0.4, 0.5) is 4.79 Å². The molecule has 1 aliphatic heterocycles. The second kappa shape index (κ2) is 14.3. The number of nitrogens with one attached hydrogen (secondary N) is 3. The molecule has 3 aromatic carbocycles. The van der Waals surface area contributed by atoms with E-state index in [0.29, 0.717) is 29.1 Å². The fraction of sp³-hybridized carbons (Fsp3) is 0.229. The van der Waals surface area contributed by atoms with Crippen LogP contribution >= 0.6 is 0 Å². The zero-order valence-electron chi connectivity index (χ0n) is 26.4. The Hall–Kier alpha value is -6.09. The molecule has 1 aliphatic rings. The van der Waals surface area contributed by atoms with Crippen molar-refractivity contribution >= 4 is 35.0 Å². The van der Waals surface area contributed by atoms with Gasteiger partial charge in [0.15, 0.2) is 18.1 Å². The summed E-state index contributed by atoms with van der Waals surface area (Å²) in [6.07, 6.45) is 1.62. The van der Waals surface area contributed by atoms with Crippen molar-refractivity contribution in [3.63, 3.8) is 0 Å². The lowest BCUT2D eigenvalue weighted by Crippen LogP contribution is -2.45. The lowest BCUT2D eigenvalue weighted by Gasteiger charge is -2.28. The van der Waals surface area contributed by atoms with E-state index in [1.807, 2.05) is 43.3 Å². The molecule has 12 nitrogen and oxygen atoms in total. The van der Waals surface area contributed by atoms with Gasteiger partial charge in [-0.15, -0.1) is 0 Å². The third-order valence-electron chi connectivity index (χ3n) is 7.73. The van der Waals surface area contributed by atoms with Crippen molar-refractivity contribution in [2.45, 2.75) is 33.4 Å². The van der Waals surface area contributed by atoms with Crippen LogP contribution in [0.5, 0.6) is 11.5 Å². The number of methoxy groups -OCH3 is 1. The van der Waals surface area contributed by atoms with E-state index in [9.17, 15) is 14.4 Å². The predicted octanol–water partition coefficient (Wildman–Crippen LogP) is 4.60. The molecule has 0 fully saturated rings. The average Bonchev–Trinajstić information content (AvgIpc) is 3.33. The van der Waals surface area contributed by atoms with Crippen LogP contribution in [0, 0.1) is 18.3 Å². The second-order valence-electron chi connectivity index (χ2n) is 10.7. The van der Waals surface area contributed by atoms with E-state index >= 15 is 0 Å². The van der Waals surface area contributed by atoms with Crippen LogP contribution in [0.25, 0.3) is 10.9 Å². The number of hydrogen-bond acceptors (Lipinski definition) is 8. The number of nitrogens with zero attached hydrogens (tertiary/aromatic N) is 3. The normalized spacial score (nSPS) is 14.4. The summed E-state index contributed by atoms with van der Waals surface area (Å²) in [6, 6.07) is 21.2. The summed E-state index contributed by atoms with van der Waals surface area (Å²) in [5, 5.41) is 19.6. The van der Waals surface area contributed by atoms with Crippen LogP contribution in [0.2, 0.25) is 0 Å². The highest BCUT2D eigenvalue weighted by molar-refractivity contribution is 6.01. The van der Waals surface area contributed by atoms with E-state index in [1.165, 1.54) is 7.11 Å². The van der Waals surface area contributed by atoms with Gasteiger partial charge in [-0.1, -0.05) is 36.4 Å². The number of nitriles is 1. The molecular formula is C35H34N6O6. The van der Waals surface area contributed by atoms with Crippen LogP contribution in [-0.2, 0) is 20.9 Å². The molecule has 0 spiro atoms. The molecule has 0 bridgehead atoms. The number of carbonyl (C=O) groups excluding carboxylic acids is 3. The van der Waals surface area contributed by atoms with Crippen molar-refractivity contribution in [3.8, 4) is 17.6 Å². The van der Waals surface area contributed by atoms with Crippen LogP contribution in [-0.4, -0.2) is 49.0 Å². The third kappa shape index (κ3) is 7.10. The summed E-state index contributed by atoms with van der Waals surface area (Å²) >= 11 is 0. The molecule has 0 radical (unpaired) electrons. The van der Waals surface area contributed by atoms with E-state index < -0.39 is 23.9 Å². The Morgan fingerprint density at radius 3 is 2.57 bits per heavy atom. The van der Waals surface area contributed by atoms with Gasteiger partial charge in [0.2, 0.25) is 0 Å². The van der Waals surface area contributed by atoms with Crippen LogP contribution < -0.4 is 25.5 Å². The third-order valence-corrected chi connectivity index (χ3v) is 7.73. The molecule has 1 aromatic heterocycles. The Morgan fingerprint density at radius 2 is 1.85 bits per heavy atom. The molecule has 0 aliphatic carbocycles. The molecule has 0 unspecified atom stereocenters. The summed E-state index contributed by atoms with van der Waals surface area (Å²) in [6.45, 7) is 5.77. The number of hydrazone groups is 1. The Bertz CT molecular complexity index is 1940. The second-order valence-corrected chi connectivity index (χ2v) is 10.7. The fourth-order valence-corrected chi connectivity index (χ4v) is 5.44. The molecule has 2 heterocycles. The lowest BCUT2D eigenvalue weighted by molar-refractivity contribution is -0.139. The average molecular weight is 635 g/mol. The molecule has 3 amide bonds. The van der Waals surface area contributed by atoms with Gasteiger partial charge in [0, 0.05) is 34.4 Å². The molecule has 12 heteroatoms. The van der Waals surface area contributed by atoms with Gasteiger partial charge >= 0.3 is 12.0 Å². The molecule has 47 heavy (non-hydrogen) atoms. The first-order chi connectivity index (χ1) is 22.7. The maximum atomic E-state index is 12.7. The van der Waals surface area contributed by atoms with Gasteiger partial charge in [-0.05, 0) is 62.2 Å². The van der Waals surface area contributed by atoms with Gasteiger partial charge in [-0.2, -0.15) is 10.4 Å². The van der Waals surface area contributed by atoms with Crippen molar-refractivity contribution < 1.29 is 28.6 Å². The van der Waals surface area contributed by atoms with Crippen LogP contribution in [0.15, 0.2) is 83.1 Å². The zero-order valence-corrected chi connectivity index (χ0v) is 26.4. The van der Waals surface area contributed by atoms with Gasteiger partial charge < -0.3 is 29.4 Å². The number of esters is 1. The highest BCUT2D eigenvalue weighted by Gasteiger charge is 2.32. The SMILES string of the molecule is CCOC(=O)C1=C(C)NC(=O)N[C@H]1c1ccc(OCC(=O)N/N=C/c2c(C)n(Cc3ccc(C#N)cc3)c3ccccc23)c(OC)c1. The number of aromatic nitrogens is 1. The number of carbonyl (C=O) groups is 3. The quantitative estimate of drug-likeness (QED) is 0.124. The number of ether oxygens (including phenoxy) is 3. The van der Waals surface area contributed by atoms with Gasteiger partial charge in [0.1, 0.15) is 0 Å². The van der Waals surface area contributed by atoms with Crippen molar-refractivity contribution in [1.82, 2.24) is 20.6 Å². The Kier molecular flexibility index (Phi) is 9.86. The Labute approximate surface area is 271 Å². The smallest absolute Gasteiger partial charge is 0.338 e. The summed E-state index contributed by atoms with van der Waals surface area (Å²) < 4.78 is 18.6. The van der Waals surface area contributed by atoms with E-state index in [-0.39, 0.29) is 24.5 Å². The van der Waals surface area contributed by atoms with E-state index in [1.54, 1.807) is 50.4 Å². The topological polar surface area (TPSA) is 156 Å². The fourth-order valence-electron chi connectivity index (χ4n) is 5.44. The Morgan fingerprint density at radius 1 is 1.09 bits per heavy atom. The van der Waals surface area contributed by atoms with Crippen molar-refractivity contribution in [1.29, 1.82) is 5.26 Å². The largest absolute Gasteiger partial charge is 0.493 e. The van der Waals surface area contributed by atoms with Crippen molar-refractivity contribution in [2.24, 2.45) is 5.10 Å². The highest BCUT2D eigenvalue weighted by atomic mass is 16.5.